The van der Waals surface area contributed by atoms with Crippen LogP contribution in [-0.2, 0) is 0 Å². The Kier molecular flexibility index (Phi) is 5.05. The van der Waals surface area contributed by atoms with Gasteiger partial charge in [0.1, 0.15) is 0 Å². The third-order valence-electron chi connectivity index (χ3n) is 3.97. The number of nitrogens with one attached hydrogen (secondary N) is 1. The number of para-hydroxylation sites is 1. The first kappa shape index (κ1) is 14.9. The van der Waals surface area contributed by atoms with Crippen LogP contribution in [0.3, 0.4) is 0 Å². The molecule has 0 radical (unpaired) electrons. The van der Waals surface area contributed by atoms with Crippen molar-refractivity contribution in [1.82, 2.24) is 4.90 Å². The minimum absolute atomic E-state index is 0.170. The molecular formula is C17H26N2O. The van der Waals surface area contributed by atoms with E-state index in [0.717, 1.165) is 30.6 Å². The van der Waals surface area contributed by atoms with E-state index in [1.54, 1.807) is 0 Å². The number of nitrogens with zero attached hydrogens (tertiary/aromatic N) is 1. The van der Waals surface area contributed by atoms with Crippen LogP contribution in [0.15, 0.2) is 24.3 Å². The smallest absolute Gasteiger partial charge is 0.256 e. The minimum Gasteiger partial charge on any atom is -0.382 e. The van der Waals surface area contributed by atoms with E-state index in [4.69, 9.17) is 0 Å². The van der Waals surface area contributed by atoms with Crippen molar-refractivity contribution in [2.45, 2.75) is 58.5 Å². The van der Waals surface area contributed by atoms with Crippen LogP contribution in [0.4, 0.5) is 5.69 Å². The number of benzene rings is 1. The van der Waals surface area contributed by atoms with Crippen molar-refractivity contribution in [3.8, 4) is 0 Å². The van der Waals surface area contributed by atoms with Crippen LogP contribution in [0.25, 0.3) is 0 Å². The van der Waals surface area contributed by atoms with Crippen LogP contribution < -0.4 is 5.32 Å². The molecule has 0 aromatic heterocycles. The highest BCUT2D eigenvalue weighted by Gasteiger charge is 2.27. The van der Waals surface area contributed by atoms with Crippen LogP contribution in [0.5, 0.6) is 0 Å². The van der Waals surface area contributed by atoms with Crippen molar-refractivity contribution in [3.63, 3.8) is 0 Å². The molecule has 1 amide bonds. The molecule has 110 valence electrons. The van der Waals surface area contributed by atoms with E-state index in [-0.39, 0.29) is 5.91 Å². The number of carbonyl (C=O) groups excluding carboxylic acids is 1. The van der Waals surface area contributed by atoms with Crippen LogP contribution in [0.1, 0.15) is 56.8 Å². The van der Waals surface area contributed by atoms with E-state index in [1.165, 1.54) is 12.8 Å². The number of hydrogen-bond donors (Lipinski definition) is 1. The minimum atomic E-state index is 0.170. The van der Waals surface area contributed by atoms with Crippen molar-refractivity contribution in [3.05, 3.63) is 29.8 Å². The molecule has 0 heterocycles. The van der Waals surface area contributed by atoms with Crippen LogP contribution in [-0.4, -0.2) is 29.4 Å². The molecule has 1 N–H and O–H groups in total. The van der Waals surface area contributed by atoms with Crippen molar-refractivity contribution < 1.29 is 4.79 Å². The lowest BCUT2D eigenvalue weighted by Gasteiger charge is -2.29. The summed E-state index contributed by atoms with van der Waals surface area (Å²) >= 11 is 0. The molecule has 0 saturated heterocycles. The predicted molar refractivity (Wildman–Crippen MR) is 84.2 cm³/mol. The summed E-state index contributed by atoms with van der Waals surface area (Å²) in [7, 11) is 0. The van der Waals surface area contributed by atoms with Crippen molar-refractivity contribution in [1.29, 1.82) is 0 Å². The van der Waals surface area contributed by atoms with Gasteiger partial charge in [-0.3, -0.25) is 4.79 Å². The lowest BCUT2D eigenvalue weighted by atomic mass is 10.1. The molecule has 3 heteroatoms. The molecule has 0 aliphatic heterocycles. The van der Waals surface area contributed by atoms with E-state index in [9.17, 15) is 4.79 Å². The maximum Gasteiger partial charge on any atom is 0.256 e. The predicted octanol–water partition coefficient (Wildman–Crippen LogP) is 3.91. The SMILES string of the molecule is CCN(C(=O)c1ccccc1NC(C)C)C1CCCC1. The fraction of sp³-hybridized carbons (Fsp3) is 0.588. The zero-order chi connectivity index (χ0) is 14.5. The van der Waals surface area contributed by atoms with E-state index < -0.39 is 0 Å². The molecule has 1 aliphatic rings. The normalized spacial score (nSPS) is 15.6. The highest BCUT2D eigenvalue weighted by Crippen LogP contribution is 2.26. The number of anilines is 1. The Labute approximate surface area is 122 Å². The molecule has 1 aliphatic carbocycles. The van der Waals surface area contributed by atoms with Gasteiger partial charge in [0.2, 0.25) is 0 Å². The van der Waals surface area contributed by atoms with E-state index >= 15 is 0 Å². The second-order valence-corrected chi connectivity index (χ2v) is 5.87. The Morgan fingerprint density at radius 1 is 1.30 bits per heavy atom. The molecular weight excluding hydrogens is 248 g/mol. The maximum atomic E-state index is 12.9. The lowest BCUT2D eigenvalue weighted by Crippen LogP contribution is -2.39. The summed E-state index contributed by atoms with van der Waals surface area (Å²) in [4.78, 5) is 14.9. The fourth-order valence-corrected chi connectivity index (χ4v) is 3.04. The molecule has 0 unspecified atom stereocenters. The van der Waals surface area contributed by atoms with Crippen molar-refractivity contribution >= 4 is 11.6 Å². The van der Waals surface area contributed by atoms with Crippen LogP contribution >= 0.6 is 0 Å². The van der Waals surface area contributed by atoms with Gasteiger partial charge in [0, 0.05) is 24.3 Å². The standard InChI is InChI=1S/C17H26N2O/c1-4-19(14-9-5-6-10-14)17(20)15-11-7-8-12-16(15)18-13(2)3/h7-8,11-14,18H,4-6,9-10H2,1-3H3. The fourth-order valence-electron chi connectivity index (χ4n) is 3.04. The zero-order valence-electron chi connectivity index (χ0n) is 12.9. The van der Waals surface area contributed by atoms with Crippen LogP contribution in [0, 0.1) is 0 Å². The number of rotatable bonds is 5. The van der Waals surface area contributed by atoms with Crippen LogP contribution in [0.2, 0.25) is 0 Å². The summed E-state index contributed by atoms with van der Waals surface area (Å²) in [6.45, 7) is 7.06. The second-order valence-electron chi connectivity index (χ2n) is 5.87. The Morgan fingerprint density at radius 3 is 2.55 bits per heavy atom. The molecule has 1 aromatic carbocycles. The lowest BCUT2D eigenvalue weighted by molar-refractivity contribution is 0.0694. The molecule has 2 rings (SSSR count). The number of amides is 1. The van der Waals surface area contributed by atoms with Gasteiger partial charge in [-0.15, -0.1) is 0 Å². The van der Waals surface area contributed by atoms with Gasteiger partial charge in [0.25, 0.3) is 5.91 Å². The van der Waals surface area contributed by atoms with Gasteiger partial charge < -0.3 is 10.2 Å². The monoisotopic (exact) mass is 274 g/mol. The van der Waals surface area contributed by atoms with Gasteiger partial charge in [-0.1, -0.05) is 25.0 Å². The summed E-state index contributed by atoms with van der Waals surface area (Å²) in [5.74, 6) is 0.170. The van der Waals surface area contributed by atoms with E-state index in [2.05, 4.69) is 26.1 Å². The average molecular weight is 274 g/mol. The van der Waals surface area contributed by atoms with Gasteiger partial charge in [-0.25, -0.2) is 0 Å². The first-order valence-corrected chi connectivity index (χ1v) is 7.80. The summed E-state index contributed by atoms with van der Waals surface area (Å²) in [5, 5.41) is 3.38. The number of carbonyl (C=O) groups is 1. The van der Waals surface area contributed by atoms with Crippen molar-refractivity contribution in [2.24, 2.45) is 0 Å². The molecule has 1 aromatic rings. The van der Waals surface area contributed by atoms with E-state index in [1.807, 2.05) is 29.2 Å². The molecule has 0 bridgehead atoms. The first-order chi connectivity index (χ1) is 9.63. The highest BCUT2D eigenvalue weighted by molar-refractivity contribution is 5.99. The van der Waals surface area contributed by atoms with Gasteiger partial charge >= 0.3 is 0 Å². The third-order valence-corrected chi connectivity index (χ3v) is 3.97. The Hall–Kier alpha value is -1.51. The molecule has 1 saturated carbocycles. The maximum absolute atomic E-state index is 12.9. The summed E-state index contributed by atoms with van der Waals surface area (Å²) in [5.41, 5.74) is 1.75. The molecule has 20 heavy (non-hydrogen) atoms. The topological polar surface area (TPSA) is 32.3 Å². The summed E-state index contributed by atoms with van der Waals surface area (Å²) < 4.78 is 0. The Balaban J connectivity index is 2.22. The largest absolute Gasteiger partial charge is 0.382 e. The molecule has 0 atom stereocenters. The second kappa shape index (κ2) is 6.78. The first-order valence-electron chi connectivity index (χ1n) is 7.80. The Morgan fingerprint density at radius 2 is 1.95 bits per heavy atom. The quantitative estimate of drug-likeness (QED) is 0.883. The summed E-state index contributed by atoms with van der Waals surface area (Å²) in [6, 6.07) is 8.61. The van der Waals surface area contributed by atoms with Crippen molar-refractivity contribution in [2.75, 3.05) is 11.9 Å². The zero-order valence-corrected chi connectivity index (χ0v) is 12.9. The Bertz CT molecular complexity index is 450. The van der Waals surface area contributed by atoms with Gasteiger partial charge in [-0.05, 0) is 45.7 Å². The average Bonchev–Trinajstić information content (AvgIpc) is 2.93. The molecule has 0 spiro atoms. The number of hydrogen-bond acceptors (Lipinski definition) is 2. The van der Waals surface area contributed by atoms with Gasteiger partial charge in [0.05, 0.1) is 5.56 Å². The van der Waals surface area contributed by atoms with E-state index in [0.29, 0.717) is 12.1 Å². The molecule has 3 nitrogen and oxygen atoms in total. The third kappa shape index (κ3) is 3.33. The molecule has 1 fully saturated rings. The van der Waals surface area contributed by atoms with Gasteiger partial charge in [0.15, 0.2) is 0 Å². The van der Waals surface area contributed by atoms with Gasteiger partial charge in [-0.2, -0.15) is 0 Å². The highest BCUT2D eigenvalue weighted by atomic mass is 16.2. The summed E-state index contributed by atoms with van der Waals surface area (Å²) in [6.07, 6.45) is 4.80.